The maximum absolute atomic E-state index is 14.1. The molecule has 1 aromatic heterocycles. The van der Waals surface area contributed by atoms with Crippen LogP contribution in [-0.4, -0.2) is 76.1 Å². The molecule has 2 aliphatic heterocycles. The first-order chi connectivity index (χ1) is 21.6. The lowest BCUT2D eigenvalue weighted by Gasteiger charge is -2.39. The molecule has 4 rings (SSSR count). The number of piperidine rings is 1. The van der Waals surface area contributed by atoms with Gasteiger partial charge in [-0.2, -0.15) is 4.73 Å². The maximum Gasteiger partial charge on any atom is 0.246 e. The number of aliphatic hydroxyl groups excluding tert-OH is 1. The zero-order valence-electron chi connectivity index (χ0n) is 27.4. The van der Waals surface area contributed by atoms with E-state index in [0.29, 0.717) is 25.8 Å². The molecule has 45 heavy (non-hydrogen) atoms. The number of hydrogen-bond acceptors (Lipinski definition) is 6. The van der Waals surface area contributed by atoms with Crippen molar-refractivity contribution in [2.24, 2.45) is 11.8 Å². The van der Waals surface area contributed by atoms with Crippen LogP contribution in [0.5, 0.6) is 0 Å². The Morgan fingerprint density at radius 3 is 2.49 bits per heavy atom. The third kappa shape index (κ3) is 8.66. The van der Waals surface area contributed by atoms with Gasteiger partial charge in [0.1, 0.15) is 19.2 Å². The zero-order valence-corrected chi connectivity index (χ0v) is 27.4. The van der Waals surface area contributed by atoms with Gasteiger partial charge in [-0.05, 0) is 56.6 Å². The summed E-state index contributed by atoms with van der Waals surface area (Å²) in [6.45, 7) is 6.17. The molecule has 2 aliphatic rings. The molecule has 10 nitrogen and oxygen atoms in total. The van der Waals surface area contributed by atoms with Crippen molar-refractivity contribution in [3.63, 3.8) is 0 Å². The van der Waals surface area contributed by atoms with Gasteiger partial charge in [-0.25, -0.2) is 0 Å². The van der Waals surface area contributed by atoms with E-state index in [1.807, 2.05) is 44.3 Å². The average molecular weight is 625 g/mol. The third-order valence-corrected chi connectivity index (χ3v) is 9.69. The molecule has 0 radical (unpaired) electrons. The van der Waals surface area contributed by atoms with E-state index in [0.717, 1.165) is 61.4 Å². The van der Waals surface area contributed by atoms with E-state index in [-0.39, 0.29) is 42.5 Å². The number of para-hydroxylation sites is 1. The first-order valence-electron chi connectivity index (χ1n) is 16.9. The SMILES string of the molecule is CCC(C)[C@@H]1NC(=O)[C@H](Cc2cn(OC)c3ccccc23)NC(=O)[C@H](CCCCCCC(C)O)CC(=O)[C@H]2CCCCN2C1=O. The Hall–Kier alpha value is -3.40. The highest BCUT2D eigenvalue weighted by atomic mass is 16.6. The number of nitrogens with one attached hydrogen (secondary N) is 2. The number of benzene rings is 1. The number of rotatable bonds is 12. The molecular formula is C35H52N4O6. The second-order valence-electron chi connectivity index (χ2n) is 13.1. The maximum atomic E-state index is 14.1. The van der Waals surface area contributed by atoms with Gasteiger partial charge in [-0.1, -0.05) is 64.2 Å². The second-order valence-corrected chi connectivity index (χ2v) is 13.1. The summed E-state index contributed by atoms with van der Waals surface area (Å²) in [5, 5.41) is 16.5. The topological polar surface area (TPSA) is 130 Å². The fourth-order valence-electron chi connectivity index (χ4n) is 6.78. The predicted octanol–water partition coefficient (Wildman–Crippen LogP) is 3.95. The number of carbonyl (C=O) groups is 4. The minimum absolute atomic E-state index is 0.0409. The molecule has 10 heteroatoms. The quantitative estimate of drug-likeness (QED) is 0.307. The molecule has 2 aromatic rings. The molecule has 2 saturated heterocycles. The Kier molecular flexibility index (Phi) is 12.4. The molecule has 6 atom stereocenters. The fourth-order valence-corrected chi connectivity index (χ4v) is 6.78. The highest BCUT2D eigenvalue weighted by molar-refractivity contribution is 5.98. The molecule has 0 saturated carbocycles. The number of fused-ring (bicyclic) bond motifs is 2. The van der Waals surface area contributed by atoms with E-state index in [1.54, 1.807) is 23.7 Å². The van der Waals surface area contributed by atoms with Crippen molar-refractivity contribution in [3.8, 4) is 0 Å². The van der Waals surface area contributed by atoms with Crippen LogP contribution in [0.2, 0.25) is 0 Å². The van der Waals surface area contributed by atoms with Crippen molar-refractivity contribution in [1.82, 2.24) is 20.3 Å². The first-order valence-corrected chi connectivity index (χ1v) is 16.9. The van der Waals surface area contributed by atoms with Crippen molar-refractivity contribution in [2.45, 2.75) is 122 Å². The van der Waals surface area contributed by atoms with Crippen LogP contribution in [0.4, 0.5) is 0 Å². The van der Waals surface area contributed by atoms with E-state index < -0.39 is 30.0 Å². The standard InChI is InChI=1S/C35H52N4O6/c1-5-23(2)32-35(44)38-19-13-12-18-30(38)31(41)21-25(15-9-7-6-8-14-24(3)40)33(42)36-28(34(43)37-32)20-26-22-39(45-4)29-17-11-10-16-27(26)29/h10-11,16-17,22-25,28,30,32,40H,5-9,12-15,18-21H2,1-4H3,(H,36,42)(H,37,43)/t23?,24?,25-,28+,30-,32+/m1/s1. The van der Waals surface area contributed by atoms with E-state index in [9.17, 15) is 24.3 Å². The van der Waals surface area contributed by atoms with Gasteiger partial charge in [-0.3, -0.25) is 19.2 Å². The predicted molar refractivity (Wildman–Crippen MR) is 173 cm³/mol. The smallest absolute Gasteiger partial charge is 0.246 e. The first kappa shape index (κ1) is 34.5. The minimum atomic E-state index is -0.951. The second kappa shape index (κ2) is 16.2. The van der Waals surface area contributed by atoms with Gasteiger partial charge < -0.3 is 25.5 Å². The number of aromatic nitrogens is 1. The fraction of sp³-hybridized carbons (Fsp3) is 0.657. The van der Waals surface area contributed by atoms with Crippen LogP contribution in [0.3, 0.4) is 0 Å². The van der Waals surface area contributed by atoms with Crippen molar-refractivity contribution in [2.75, 3.05) is 13.7 Å². The lowest BCUT2D eigenvalue weighted by atomic mass is 9.87. The summed E-state index contributed by atoms with van der Waals surface area (Å²) in [4.78, 5) is 63.1. The third-order valence-electron chi connectivity index (χ3n) is 9.69. The summed E-state index contributed by atoms with van der Waals surface area (Å²) in [6.07, 6.45) is 9.35. The van der Waals surface area contributed by atoms with Crippen molar-refractivity contribution in [3.05, 3.63) is 36.0 Å². The van der Waals surface area contributed by atoms with Crippen LogP contribution < -0.4 is 15.5 Å². The van der Waals surface area contributed by atoms with Gasteiger partial charge in [0.15, 0.2) is 5.78 Å². The number of aliphatic hydroxyl groups is 1. The Morgan fingerprint density at radius 1 is 1.00 bits per heavy atom. The Bertz CT molecular complexity index is 1320. The normalized spacial score (nSPS) is 24.7. The molecule has 0 bridgehead atoms. The summed E-state index contributed by atoms with van der Waals surface area (Å²) in [6, 6.07) is 5.38. The largest absolute Gasteiger partial charge is 0.417 e. The molecule has 0 spiro atoms. The van der Waals surface area contributed by atoms with Crippen molar-refractivity contribution in [1.29, 1.82) is 0 Å². The van der Waals surface area contributed by atoms with Crippen LogP contribution >= 0.6 is 0 Å². The number of amides is 3. The highest BCUT2D eigenvalue weighted by Crippen LogP contribution is 2.27. The Labute approximate surface area is 267 Å². The van der Waals surface area contributed by atoms with E-state index in [1.165, 1.54) is 0 Å². The van der Waals surface area contributed by atoms with Crippen LogP contribution in [0.1, 0.15) is 97.0 Å². The lowest BCUT2D eigenvalue weighted by molar-refractivity contribution is -0.147. The van der Waals surface area contributed by atoms with Crippen molar-refractivity contribution >= 4 is 34.4 Å². The Balaban J connectivity index is 1.65. The van der Waals surface area contributed by atoms with Crippen LogP contribution in [0.25, 0.3) is 10.9 Å². The summed E-state index contributed by atoms with van der Waals surface area (Å²) in [5.41, 5.74) is 1.67. The lowest BCUT2D eigenvalue weighted by Crippen LogP contribution is -2.61. The number of Topliss-reactive ketones (excluding diaryl/α,β-unsaturated/α-hetero) is 1. The minimum Gasteiger partial charge on any atom is -0.417 e. The monoisotopic (exact) mass is 624 g/mol. The molecule has 3 amide bonds. The van der Waals surface area contributed by atoms with Gasteiger partial charge in [0.2, 0.25) is 17.7 Å². The van der Waals surface area contributed by atoms with E-state index >= 15 is 0 Å². The van der Waals surface area contributed by atoms with E-state index in [2.05, 4.69) is 10.6 Å². The summed E-state index contributed by atoms with van der Waals surface area (Å²) in [5.74, 6) is -1.77. The van der Waals surface area contributed by atoms with E-state index in [4.69, 9.17) is 4.84 Å². The molecule has 1 aromatic carbocycles. The molecule has 3 N–H and O–H groups in total. The van der Waals surface area contributed by atoms with Gasteiger partial charge in [0, 0.05) is 36.9 Å². The number of ketones is 1. The molecule has 0 aliphatic carbocycles. The number of hydrogen-bond donors (Lipinski definition) is 3. The average Bonchev–Trinajstić information content (AvgIpc) is 3.40. The van der Waals surface area contributed by atoms with Gasteiger partial charge in [0.25, 0.3) is 0 Å². The zero-order chi connectivity index (χ0) is 32.5. The highest BCUT2D eigenvalue weighted by Gasteiger charge is 2.40. The summed E-state index contributed by atoms with van der Waals surface area (Å²) >= 11 is 0. The number of unbranched alkanes of at least 4 members (excludes halogenated alkanes) is 3. The van der Waals surface area contributed by atoms with Crippen LogP contribution in [-0.2, 0) is 25.6 Å². The molecule has 248 valence electrons. The number of nitrogens with zero attached hydrogens (tertiary/aromatic N) is 2. The molecule has 2 fully saturated rings. The molecule has 3 heterocycles. The van der Waals surface area contributed by atoms with Crippen LogP contribution in [0, 0.1) is 11.8 Å². The summed E-state index contributed by atoms with van der Waals surface area (Å²) < 4.78 is 1.64. The van der Waals surface area contributed by atoms with Crippen LogP contribution in [0.15, 0.2) is 30.5 Å². The molecular weight excluding hydrogens is 572 g/mol. The Morgan fingerprint density at radius 2 is 1.76 bits per heavy atom. The van der Waals surface area contributed by atoms with Gasteiger partial charge >= 0.3 is 0 Å². The number of carbonyl (C=O) groups excluding carboxylic acids is 4. The molecule has 2 unspecified atom stereocenters. The van der Waals surface area contributed by atoms with Gasteiger partial charge in [0.05, 0.1) is 17.7 Å². The van der Waals surface area contributed by atoms with Crippen molar-refractivity contribution < 1.29 is 29.1 Å². The summed E-state index contributed by atoms with van der Waals surface area (Å²) in [7, 11) is 1.57. The van der Waals surface area contributed by atoms with Gasteiger partial charge in [-0.15, -0.1) is 0 Å².